The van der Waals surface area contributed by atoms with Gasteiger partial charge < -0.3 is 10.1 Å². The number of hydrogen-bond donors (Lipinski definition) is 1. The van der Waals surface area contributed by atoms with Crippen LogP contribution in [0.3, 0.4) is 0 Å². The van der Waals surface area contributed by atoms with Crippen LogP contribution < -0.4 is 5.32 Å². The fraction of sp³-hybridized carbons (Fsp3) is 0.889. The van der Waals surface area contributed by atoms with Crippen LogP contribution in [0.4, 0.5) is 4.79 Å². The average molecular weight is 171 g/mol. The predicted molar refractivity (Wildman–Crippen MR) is 46.9 cm³/mol. The number of ether oxygens (including phenoxy) is 1. The van der Waals surface area contributed by atoms with Gasteiger partial charge in [0.25, 0.3) is 0 Å². The van der Waals surface area contributed by atoms with Crippen LogP contribution in [0.2, 0.25) is 0 Å². The summed E-state index contributed by atoms with van der Waals surface area (Å²) in [5.41, 5.74) is 0. The Morgan fingerprint density at radius 1 is 1.42 bits per heavy atom. The molecule has 1 aliphatic rings. The molecule has 1 amide bonds. The number of carbonyl (C=O) groups excluding carboxylic acids is 1. The lowest BCUT2D eigenvalue weighted by Gasteiger charge is -2.18. The molecule has 3 atom stereocenters. The maximum absolute atomic E-state index is 10.9. The molecule has 0 bridgehead atoms. The molecular formula is C9H17NO2. The molecule has 0 radical (unpaired) electrons. The topological polar surface area (TPSA) is 38.3 Å². The molecule has 3 heteroatoms. The van der Waals surface area contributed by atoms with E-state index in [1.807, 2.05) is 0 Å². The Morgan fingerprint density at radius 3 is 2.50 bits per heavy atom. The Hall–Kier alpha value is -0.730. The van der Waals surface area contributed by atoms with Gasteiger partial charge in [0.15, 0.2) is 0 Å². The normalized spacial score (nSPS) is 34.8. The van der Waals surface area contributed by atoms with E-state index in [1.54, 1.807) is 0 Å². The van der Waals surface area contributed by atoms with Crippen molar-refractivity contribution in [2.75, 3.05) is 7.11 Å². The summed E-state index contributed by atoms with van der Waals surface area (Å²) in [7, 11) is 1.40. The molecule has 1 aliphatic carbocycles. The third-order valence-corrected chi connectivity index (χ3v) is 2.95. The minimum Gasteiger partial charge on any atom is -0.453 e. The van der Waals surface area contributed by atoms with Crippen LogP contribution in [0, 0.1) is 11.8 Å². The molecule has 1 N–H and O–H groups in total. The third-order valence-electron chi connectivity index (χ3n) is 2.95. The van der Waals surface area contributed by atoms with Gasteiger partial charge >= 0.3 is 6.09 Å². The molecule has 0 aliphatic heterocycles. The van der Waals surface area contributed by atoms with Gasteiger partial charge in [0.2, 0.25) is 0 Å². The van der Waals surface area contributed by atoms with Crippen molar-refractivity contribution in [3.8, 4) is 0 Å². The van der Waals surface area contributed by atoms with Gasteiger partial charge in [0.05, 0.1) is 7.11 Å². The highest BCUT2D eigenvalue weighted by molar-refractivity contribution is 5.67. The number of nitrogens with one attached hydrogen (secondary N) is 1. The van der Waals surface area contributed by atoms with Gasteiger partial charge in [-0.2, -0.15) is 0 Å². The van der Waals surface area contributed by atoms with E-state index in [0.717, 1.165) is 6.42 Å². The lowest BCUT2D eigenvalue weighted by molar-refractivity contribution is 0.163. The predicted octanol–water partition coefficient (Wildman–Crippen LogP) is 1.78. The lowest BCUT2D eigenvalue weighted by atomic mass is 9.98. The fourth-order valence-corrected chi connectivity index (χ4v) is 1.78. The Balaban J connectivity index is 2.38. The fourth-order valence-electron chi connectivity index (χ4n) is 1.78. The van der Waals surface area contributed by atoms with Gasteiger partial charge in [-0.3, -0.25) is 0 Å². The molecule has 3 nitrogen and oxygen atoms in total. The zero-order chi connectivity index (χ0) is 9.14. The summed E-state index contributed by atoms with van der Waals surface area (Å²) in [5.74, 6) is 1.29. The highest BCUT2D eigenvalue weighted by atomic mass is 16.5. The first-order valence-electron chi connectivity index (χ1n) is 4.49. The molecule has 0 spiro atoms. The minimum atomic E-state index is -0.305. The minimum absolute atomic E-state index is 0.305. The van der Waals surface area contributed by atoms with Crippen LogP contribution in [-0.2, 0) is 4.74 Å². The van der Waals surface area contributed by atoms with E-state index in [2.05, 4.69) is 23.9 Å². The first-order chi connectivity index (χ1) is 5.65. The molecule has 3 unspecified atom stereocenters. The Bertz CT molecular complexity index is 170. The summed E-state index contributed by atoms with van der Waals surface area (Å²) < 4.78 is 4.55. The Labute approximate surface area is 73.5 Å². The van der Waals surface area contributed by atoms with Gasteiger partial charge in [-0.25, -0.2) is 4.79 Å². The lowest BCUT2D eigenvalue weighted by Crippen LogP contribution is -2.37. The van der Waals surface area contributed by atoms with E-state index >= 15 is 0 Å². The quantitative estimate of drug-likeness (QED) is 0.653. The number of alkyl carbamates (subject to hydrolysis) is 1. The van der Waals surface area contributed by atoms with Crippen LogP contribution in [0.5, 0.6) is 0 Å². The second kappa shape index (κ2) is 3.78. The summed E-state index contributed by atoms with van der Waals surface area (Å²) >= 11 is 0. The van der Waals surface area contributed by atoms with Crippen molar-refractivity contribution in [2.45, 2.75) is 32.7 Å². The standard InChI is InChI=1S/C9H17NO2/c1-6-4-5-8(7(6)2)10-9(11)12-3/h6-8H,4-5H2,1-3H3,(H,10,11). The zero-order valence-electron chi connectivity index (χ0n) is 7.96. The maximum atomic E-state index is 10.9. The van der Waals surface area contributed by atoms with Crippen LogP contribution in [-0.4, -0.2) is 19.2 Å². The summed E-state index contributed by atoms with van der Waals surface area (Å²) in [5, 5.41) is 2.85. The van der Waals surface area contributed by atoms with Gasteiger partial charge in [-0.1, -0.05) is 13.8 Å². The monoisotopic (exact) mass is 171 g/mol. The van der Waals surface area contributed by atoms with E-state index in [-0.39, 0.29) is 6.09 Å². The van der Waals surface area contributed by atoms with Crippen LogP contribution in [0.1, 0.15) is 26.7 Å². The molecule has 0 heterocycles. The number of hydrogen-bond acceptors (Lipinski definition) is 2. The van der Waals surface area contributed by atoms with Crippen molar-refractivity contribution in [3.63, 3.8) is 0 Å². The highest BCUT2D eigenvalue weighted by Gasteiger charge is 2.30. The van der Waals surface area contributed by atoms with E-state index in [0.29, 0.717) is 17.9 Å². The molecule has 1 rings (SSSR count). The molecule has 0 aromatic rings. The van der Waals surface area contributed by atoms with Crippen LogP contribution >= 0.6 is 0 Å². The van der Waals surface area contributed by atoms with E-state index in [1.165, 1.54) is 13.5 Å². The van der Waals surface area contributed by atoms with E-state index in [9.17, 15) is 4.79 Å². The molecule has 70 valence electrons. The van der Waals surface area contributed by atoms with Gasteiger partial charge in [0, 0.05) is 6.04 Å². The highest BCUT2D eigenvalue weighted by Crippen LogP contribution is 2.30. The Morgan fingerprint density at radius 2 is 2.08 bits per heavy atom. The molecule has 0 aromatic heterocycles. The molecule has 0 aromatic carbocycles. The second-order valence-electron chi connectivity index (χ2n) is 3.66. The SMILES string of the molecule is COC(=O)NC1CCC(C)C1C. The molecule has 0 saturated heterocycles. The van der Waals surface area contributed by atoms with Gasteiger partial charge in [-0.15, -0.1) is 0 Å². The van der Waals surface area contributed by atoms with Crippen LogP contribution in [0.15, 0.2) is 0 Å². The average Bonchev–Trinajstić information content (AvgIpc) is 2.36. The molecular weight excluding hydrogens is 154 g/mol. The second-order valence-corrected chi connectivity index (χ2v) is 3.66. The van der Waals surface area contributed by atoms with E-state index in [4.69, 9.17) is 0 Å². The van der Waals surface area contributed by atoms with Crippen molar-refractivity contribution < 1.29 is 9.53 Å². The maximum Gasteiger partial charge on any atom is 0.407 e. The first kappa shape index (κ1) is 9.36. The number of carbonyl (C=O) groups is 1. The van der Waals surface area contributed by atoms with Crippen molar-refractivity contribution in [1.29, 1.82) is 0 Å². The summed E-state index contributed by atoms with van der Waals surface area (Å²) in [6.07, 6.45) is 1.98. The molecule has 1 fully saturated rings. The van der Waals surface area contributed by atoms with Crippen molar-refractivity contribution in [3.05, 3.63) is 0 Å². The summed E-state index contributed by atoms with van der Waals surface area (Å²) in [4.78, 5) is 10.9. The molecule has 1 saturated carbocycles. The number of rotatable bonds is 1. The smallest absolute Gasteiger partial charge is 0.407 e. The first-order valence-corrected chi connectivity index (χ1v) is 4.49. The van der Waals surface area contributed by atoms with Gasteiger partial charge in [-0.05, 0) is 24.7 Å². The third kappa shape index (κ3) is 1.90. The van der Waals surface area contributed by atoms with Crippen molar-refractivity contribution >= 4 is 6.09 Å². The van der Waals surface area contributed by atoms with Crippen molar-refractivity contribution in [2.24, 2.45) is 11.8 Å². The summed E-state index contributed by atoms with van der Waals surface area (Å²) in [6, 6.07) is 0.312. The largest absolute Gasteiger partial charge is 0.453 e. The summed E-state index contributed by atoms with van der Waals surface area (Å²) in [6.45, 7) is 4.40. The van der Waals surface area contributed by atoms with Crippen LogP contribution in [0.25, 0.3) is 0 Å². The zero-order valence-corrected chi connectivity index (χ0v) is 7.96. The van der Waals surface area contributed by atoms with Gasteiger partial charge in [0.1, 0.15) is 0 Å². The van der Waals surface area contributed by atoms with E-state index < -0.39 is 0 Å². The Kier molecular flexibility index (Phi) is 2.95. The number of amides is 1. The molecule has 12 heavy (non-hydrogen) atoms. The van der Waals surface area contributed by atoms with Crippen molar-refractivity contribution in [1.82, 2.24) is 5.32 Å². The number of methoxy groups -OCH3 is 1.